The first kappa shape index (κ1) is 19.7. The number of hydrogen-bond donors (Lipinski definition) is 4. The van der Waals surface area contributed by atoms with Crippen LogP contribution in [-0.2, 0) is 9.59 Å². The van der Waals surface area contributed by atoms with E-state index in [1.54, 1.807) is 0 Å². The molecule has 0 aliphatic carbocycles. The highest BCUT2D eigenvalue weighted by molar-refractivity contribution is 6.63. The van der Waals surface area contributed by atoms with Crippen molar-refractivity contribution in [1.82, 2.24) is 10.6 Å². The molecule has 2 aliphatic rings. The normalized spacial score (nSPS) is 24.4. The topological polar surface area (TPSA) is 98.7 Å². The van der Waals surface area contributed by atoms with Crippen LogP contribution >= 0.6 is 34.8 Å². The molecule has 9 heteroatoms. The van der Waals surface area contributed by atoms with Crippen molar-refractivity contribution in [3.63, 3.8) is 0 Å². The molecule has 2 heterocycles. The number of rotatable bonds is 2. The Morgan fingerprint density at radius 2 is 1.20 bits per heavy atom. The molecule has 0 bridgehead atoms. The summed E-state index contributed by atoms with van der Waals surface area (Å²) in [6, 6.07) is -0.537. The monoisotopic (exact) mass is 348 g/mol. The van der Waals surface area contributed by atoms with Gasteiger partial charge in [-0.05, 0) is 38.8 Å². The summed E-state index contributed by atoms with van der Waals surface area (Å²) in [6.07, 6.45) is 3.57. The second-order valence-corrected chi connectivity index (χ2v) is 6.20. The van der Waals surface area contributed by atoms with Crippen LogP contribution in [0.1, 0.15) is 25.7 Å². The molecule has 0 aromatic carbocycles. The first-order chi connectivity index (χ1) is 9.34. The zero-order valence-corrected chi connectivity index (χ0v) is 13.1. The van der Waals surface area contributed by atoms with Crippen LogP contribution in [0.15, 0.2) is 0 Å². The number of hydrogen-bond acceptors (Lipinski definition) is 4. The molecular formula is C11H19Cl3N2O4. The fourth-order valence-corrected chi connectivity index (χ4v) is 1.79. The predicted molar refractivity (Wildman–Crippen MR) is 78.7 cm³/mol. The van der Waals surface area contributed by atoms with Crippen LogP contribution < -0.4 is 10.6 Å². The van der Waals surface area contributed by atoms with E-state index in [1.165, 1.54) is 0 Å². The van der Waals surface area contributed by atoms with E-state index in [2.05, 4.69) is 10.6 Å². The van der Waals surface area contributed by atoms with Crippen LogP contribution in [0.3, 0.4) is 0 Å². The lowest BCUT2D eigenvalue weighted by molar-refractivity contribution is -0.140. The van der Waals surface area contributed by atoms with Gasteiger partial charge in [-0.2, -0.15) is 0 Å². The minimum Gasteiger partial charge on any atom is -0.480 e. The molecule has 2 saturated heterocycles. The van der Waals surface area contributed by atoms with Crippen molar-refractivity contribution < 1.29 is 19.8 Å². The molecule has 2 rings (SSSR count). The van der Waals surface area contributed by atoms with Crippen molar-refractivity contribution in [3.05, 3.63) is 0 Å². The van der Waals surface area contributed by atoms with Gasteiger partial charge in [0.15, 0.2) is 4.30 Å². The van der Waals surface area contributed by atoms with Crippen LogP contribution in [0.2, 0.25) is 0 Å². The summed E-state index contributed by atoms with van der Waals surface area (Å²) >= 11 is 14.4. The smallest absolute Gasteiger partial charge is 0.320 e. The molecule has 0 spiro atoms. The highest BCUT2D eigenvalue weighted by Crippen LogP contribution is 2.04. The van der Waals surface area contributed by atoms with Gasteiger partial charge in [-0.15, -0.1) is 0 Å². The number of halogens is 3. The van der Waals surface area contributed by atoms with Gasteiger partial charge in [0.1, 0.15) is 12.1 Å². The van der Waals surface area contributed by atoms with E-state index in [1.807, 2.05) is 0 Å². The maximum Gasteiger partial charge on any atom is 0.320 e. The summed E-state index contributed by atoms with van der Waals surface area (Å²) in [5.74, 6) is -1.44. The largest absolute Gasteiger partial charge is 0.480 e. The average molecular weight is 350 g/mol. The lowest BCUT2D eigenvalue weighted by Crippen LogP contribution is -2.29. The van der Waals surface area contributed by atoms with Gasteiger partial charge in [0, 0.05) is 0 Å². The summed E-state index contributed by atoms with van der Waals surface area (Å²) in [7, 11) is 0. The first-order valence-electron chi connectivity index (χ1n) is 6.19. The molecule has 2 fully saturated rings. The van der Waals surface area contributed by atoms with Crippen molar-refractivity contribution in [1.29, 1.82) is 0 Å². The highest BCUT2D eigenvalue weighted by atomic mass is 35.6. The van der Waals surface area contributed by atoms with E-state index in [0.29, 0.717) is 0 Å². The van der Waals surface area contributed by atoms with Crippen molar-refractivity contribution in [2.45, 2.75) is 42.1 Å². The third kappa shape index (κ3) is 10.5. The van der Waals surface area contributed by atoms with Gasteiger partial charge in [0.25, 0.3) is 0 Å². The summed E-state index contributed by atoms with van der Waals surface area (Å²) in [5.41, 5.74) is 0. The fourth-order valence-electron chi connectivity index (χ4n) is 1.79. The molecule has 20 heavy (non-hydrogen) atoms. The van der Waals surface area contributed by atoms with Gasteiger partial charge in [-0.3, -0.25) is 9.59 Å². The third-order valence-electron chi connectivity index (χ3n) is 2.72. The minimum absolute atomic E-state index is 0.269. The van der Waals surface area contributed by atoms with Crippen LogP contribution in [0, 0.1) is 0 Å². The zero-order valence-electron chi connectivity index (χ0n) is 10.8. The second kappa shape index (κ2) is 11.4. The summed E-state index contributed by atoms with van der Waals surface area (Å²) in [6.45, 7) is 1.72. The molecule has 0 aromatic rings. The quantitative estimate of drug-likeness (QED) is 0.566. The van der Waals surface area contributed by atoms with Crippen LogP contribution in [0.25, 0.3) is 0 Å². The molecule has 0 unspecified atom stereocenters. The summed E-state index contributed by atoms with van der Waals surface area (Å²) < 4.78 is -0.750. The Morgan fingerprint density at radius 3 is 1.30 bits per heavy atom. The van der Waals surface area contributed by atoms with E-state index < -0.39 is 16.2 Å². The highest BCUT2D eigenvalue weighted by Gasteiger charge is 2.20. The maximum absolute atomic E-state index is 10.1. The van der Waals surface area contributed by atoms with Crippen molar-refractivity contribution in [3.8, 4) is 0 Å². The molecule has 6 nitrogen and oxygen atoms in total. The number of aliphatic carboxylic acids is 2. The van der Waals surface area contributed by atoms with E-state index >= 15 is 0 Å². The van der Waals surface area contributed by atoms with Gasteiger partial charge in [0.2, 0.25) is 0 Å². The fraction of sp³-hybridized carbons (Fsp3) is 0.818. The summed E-state index contributed by atoms with van der Waals surface area (Å²) in [5, 5.41) is 22.4. The van der Waals surface area contributed by atoms with Crippen molar-refractivity contribution in [2.75, 3.05) is 13.1 Å². The molecule has 2 atom stereocenters. The van der Waals surface area contributed by atoms with Gasteiger partial charge >= 0.3 is 11.9 Å². The average Bonchev–Trinajstić information content (AvgIpc) is 3.03. The Hall–Kier alpha value is -0.270. The van der Waals surface area contributed by atoms with E-state index in [9.17, 15) is 9.59 Å². The lowest BCUT2D eigenvalue weighted by atomic mass is 10.2. The van der Waals surface area contributed by atoms with E-state index in [4.69, 9.17) is 45.0 Å². The Balaban J connectivity index is 0.000000289. The number of alkyl halides is 3. The molecular weight excluding hydrogens is 330 g/mol. The molecule has 0 aromatic heterocycles. The Morgan fingerprint density at radius 1 is 0.900 bits per heavy atom. The van der Waals surface area contributed by atoms with Crippen LogP contribution in [0.5, 0.6) is 0 Å². The summed E-state index contributed by atoms with van der Waals surface area (Å²) in [4.78, 5) is 20.3. The first-order valence-corrected chi connectivity index (χ1v) is 7.50. The molecule has 4 N–H and O–H groups in total. The van der Waals surface area contributed by atoms with Gasteiger partial charge < -0.3 is 20.8 Å². The zero-order chi connectivity index (χ0) is 15.5. The van der Waals surface area contributed by atoms with Crippen LogP contribution in [-0.4, -0.2) is 51.6 Å². The van der Waals surface area contributed by atoms with Gasteiger partial charge in [-0.1, -0.05) is 34.8 Å². The standard InChI is InChI=1S/2C5H9NO2.CHCl3/c2*7-5(8)4-2-1-3-6-4;2-1(3)4/h2*4,6H,1-3H2,(H,7,8);1H/t2*4-;/m00./s1. The van der Waals surface area contributed by atoms with Crippen LogP contribution in [0.4, 0.5) is 0 Å². The molecule has 2 aliphatic heterocycles. The molecule has 118 valence electrons. The van der Waals surface area contributed by atoms with E-state index in [-0.39, 0.29) is 12.1 Å². The molecule has 0 amide bonds. The number of carboxylic acid groups (broad SMARTS) is 2. The molecule has 0 radical (unpaired) electrons. The number of carbonyl (C=O) groups is 2. The van der Waals surface area contributed by atoms with Crippen molar-refractivity contribution >= 4 is 46.7 Å². The Kier molecular flexibility index (Phi) is 11.2. The third-order valence-corrected chi connectivity index (χ3v) is 2.72. The number of carboxylic acids is 2. The van der Waals surface area contributed by atoms with Gasteiger partial charge in [0.05, 0.1) is 0 Å². The Labute approximate surface area is 132 Å². The van der Waals surface area contributed by atoms with E-state index in [0.717, 1.165) is 38.8 Å². The minimum atomic E-state index is -0.750. The lowest BCUT2D eigenvalue weighted by Gasteiger charge is -1.99. The van der Waals surface area contributed by atoms with Crippen molar-refractivity contribution in [2.24, 2.45) is 0 Å². The Bertz CT molecular complexity index is 265. The second-order valence-electron chi connectivity index (χ2n) is 4.22. The number of nitrogens with one attached hydrogen (secondary N) is 2. The molecule has 0 saturated carbocycles. The maximum atomic E-state index is 10.1. The predicted octanol–water partition coefficient (Wildman–Crippen LogP) is 1.63. The SMILES string of the molecule is ClC(Cl)Cl.O=C(O)[C@@H]1CCCN1.O=C(O)[C@@H]1CCCN1. The van der Waals surface area contributed by atoms with Gasteiger partial charge in [-0.25, -0.2) is 0 Å².